The SMILES string of the molecule is CCCNc1cc(C)ccc1C(=O)N1CCCNC(=O)C1. The molecule has 0 aromatic heterocycles. The Morgan fingerprint density at radius 2 is 2.24 bits per heavy atom. The molecule has 5 heteroatoms. The lowest BCUT2D eigenvalue weighted by Crippen LogP contribution is -2.37. The molecule has 21 heavy (non-hydrogen) atoms. The monoisotopic (exact) mass is 289 g/mol. The van der Waals surface area contributed by atoms with Crippen LogP contribution >= 0.6 is 0 Å². The van der Waals surface area contributed by atoms with Crippen LogP contribution in [0.5, 0.6) is 0 Å². The normalized spacial score (nSPS) is 15.3. The lowest BCUT2D eigenvalue weighted by Gasteiger charge is -2.21. The molecule has 1 saturated heterocycles. The fourth-order valence-corrected chi connectivity index (χ4v) is 2.40. The van der Waals surface area contributed by atoms with Gasteiger partial charge >= 0.3 is 0 Å². The van der Waals surface area contributed by atoms with Crippen molar-refractivity contribution in [2.45, 2.75) is 26.7 Å². The molecule has 1 aliphatic rings. The molecular weight excluding hydrogens is 266 g/mol. The molecule has 0 atom stereocenters. The van der Waals surface area contributed by atoms with Gasteiger partial charge in [-0.25, -0.2) is 0 Å². The van der Waals surface area contributed by atoms with E-state index in [0.717, 1.165) is 30.6 Å². The van der Waals surface area contributed by atoms with Gasteiger partial charge < -0.3 is 15.5 Å². The standard InChI is InChI=1S/C16H23N3O2/c1-3-7-17-14-10-12(2)5-6-13(14)16(21)19-9-4-8-18-15(20)11-19/h5-6,10,17H,3-4,7-9,11H2,1-2H3,(H,18,20). The fraction of sp³-hybridized carbons (Fsp3) is 0.500. The number of rotatable bonds is 4. The van der Waals surface area contributed by atoms with Gasteiger partial charge in [0.15, 0.2) is 0 Å². The van der Waals surface area contributed by atoms with E-state index in [1.807, 2.05) is 25.1 Å². The van der Waals surface area contributed by atoms with Gasteiger partial charge in [-0.3, -0.25) is 9.59 Å². The molecule has 0 saturated carbocycles. The Kier molecular flexibility index (Phi) is 5.20. The van der Waals surface area contributed by atoms with Gasteiger partial charge in [0.25, 0.3) is 5.91 Å². The summed E-state index contributed by atoms with van der Waals surface area (Å²) in [6, 6.07) is 5.77. The lowest BCUT2D eigenvalue weighted by molar-refractivity contribution is -0.121. The molecule has 1 heterocycles. The highest BCUT2D eigenvalue weighted by atomic mass is 16.2. The van der Waals surface area contributed by atoms with Gasteiger partial charge in [-0.1, -0.05) is 13.0 Å². The van der Waals surface area contributed by atoms with E-state index in [9.17, 15) is 9.59 Å². The molecule has 1 fully saturated rings. The predicted octanol–water partition coefficient (Wildman–Crippen LogP) is 1.78. The molecule has 114 valence electrons. The second-order valence-corrected chi connectivity index (χ2v) is 5.41. The van der Waals surface area contributed by atoms with Gasteiger partial charge in [-0.05, 0) is 37.5 Å². The smallest absolute Gasteiger partial charge is 0.256 e. The quantitative estimate of drug-likeness (QED) is 0.888. The van der Waals surface area contributed by atoms with Crippen molar-refractivity contribution in [3.63, 3.8) is 0 Å². The van der Waals surface area contributed by atoms with Crippen LogP contribution < -0.4 is 10.6 Å². The minimum Gasteiger partial charge on any atom is -0.384 e. The Bertz CT molecular complexity index is 528. The molecule has 0 radical (unpaired) electrons. The van der Waals surface area contributed by atoms with Crippen LogP contribution in [-0.2, 0) is 4.79 Å². The molecule has 1 aliphatic heterocycles. The van der Waals surface area contributed by atoms with Crippen LogP contribution in [0.2, 0.25) is 0 Å². The Balaban J connectivity index is 2.22. The summed E-state index contributed by atoms with van der Waals surface area (Å²) in [7, 11) is 0. The van der Waals surface area contributed by atoms with Crippen LogP contribution in [0.4, 0.5) is 5.69 Å². The second-order valence-electron chi connectivity index (χ2n) is 5.41. The Morgan fingerprint density at radius 3 is 3.00 bits per heavy atom. The highest BCUT2D eigenvalue weighted by Gasteiger charge is 2.22. The van der Waals surface area contributed by atoms with Crippen molar-refractivity contribution in [3.05, 3.63) is 29.3 Å². The third-order valence-corrected chi connectivity index (χ3v) is 3.52. The molecule has 1 aromatic rings. The van der Waals surface area contributed by atoms with Crippen LogP contribution in [0, 0.1) is 6.92 Å². The Morgan fingerprint density at radius 1 is 1.43 bits per heavy atom. The number of benzene rings is 1. The molecular formula is C16H23N3O2. The highest BCUT2D eigenvalue weighted by Crippen LogP contribution is 2.20. The maximum atomic E-state index is 12.7. The average Bonchev–Trinajstić information content (AvgIpc) is 2.69. The van der Waals surface area contributed by atoms with Gasteiger partial charge in [0.1, 0.15) is 0 Å². The molecule has 1 aromatic carbocycles. The van der Waals surface area contributed by atoms with Crippen LogP contribution in [-0.4, -0.2) is 42.9 Å². The highest BCUT2D eigenvalue weighted by molar-refractivity contribution is 6.01. The third kappa shape index (κ3) is 3.97. The van der Waals surface area contributed by atoms with E-state index in [0.29, 0.717) is 18.7 Å². The maximum absolute atomic E-state index is 12.7. The zero-order valence-electron chi connectivity index (χ0n) is 12.7. The lowest BCUT2D eigenvalue weighted by atomic mass is 10.1. The molecule has 2 rings (SSSR count). The summed E-state index contributed by atoms with van der Waals surface area (Å²) in [5, 5.41) is 6.09. The van der Waals surface area contributed by atoms with E-state index >= 15 is 0 Å². The minimum absolute atomic E-state index is 0.0781. The van der Waals surface area contributed by atoms with E-state index < -0.39 is 0 Å². The largest absolute Gasteiger partial charge is 0.384 e. The van der Waals surface area contributed by atoms with Gasteiger partial charge in [0.05, 0.1) is 12.1 Å². The molecule has 2 amide bonds. The molecule has 0 unspecified atom stereocenters. The first kappa shape index (κ1) is 15.4. The number of anilines is 1. The third-order valence-electron chi connectivity index (χ3n) is 3.52. The van der Waals surface area contributed by atoms with Gasteiger partial charge in [-0.2, -0.15) is 0 Å². The van der Waals surface area contributed by atoms with E-state index in [2.05, 4.69) is 17.6 Å². The Hall–Kier alpha value is -2.04. The maximum Gasteiger partial charge on any atom is 0.256 e. The number of carbonyl (C=O) groups is 2. The molecule has 2 N–H and O–H groups in total. The topological polar surface area (TPSA) is 61.4 Å². The summed E-state index contributed by atoms with van der Waals surface area (Å²) in [5.74, 6) is -0.165. The van der Waals surface area contributed by atoms with Crippen molar-refractivity contribution in [2.24, 2.45) is 0 Å². The first-order valence-electron chi connectivity index (χ1n) is 7.52. The number of carbonyl (C=O) groups excluding carboxylic acids is 2. The minimum atomic E-state index is -0.0870. The van der Waals surface area contributed by atoms with Gasteiger partial charge in [0, 0.05) is 25.3 Å². The number of aryl methyl sites for hydroxylation is 1. The van der Waals surface area contributed by atoms with Crippen molar-refractivity contribution in [1.29, 1.82) is 0 Å². The van der Waals surface area contributed by atoms with E-state index in [1.54, 1.807) is 4.90 Å². The van der Waals surface area contributed by atoms with E-state index in [4.69, 9.17) is 0 Å². The number of nitrogens with one attached hydrogen (secondary N) is 2. The van der Waals surface area contributed by atoms with Crippen molar-refractivity contribution in [3.8, 4) is 0 Å². The molecule has 0 aliphatic carbocycles. The second kappa shape index (κ2) is 7.11. The summed E-state index contributed by atoms with van der Waals surface area (Å²) in [4.78, 5) is 25.9. The van der Waals surface area contributed by atoms with Gasteiger partial charge in [0.2, 0.25) is 5.91 Å². The van der Waals surface area contributed by atoms with Crippen molar-refractivity contribution < 1.29 is 9.59 Å². The Labute approximate surface area is 125 Å². The van der Waals surface area contributed by atoms with E-state index in [1.165, 1.54) is 0 Å². The van der Waals surface area contributed by atoms with Crippen LogP contribution in [0.15, 0.2) is 18.2 Å². The van der Waals surface area contributed by atoms with Crippen molar-refractivity contribution in [1.82, 2.24) is 10.2 Å². The zero-order chi connectivity index (χ0) is 15.2. The fourth-order valence-electron chi connectivity index (χ4n) is 2.40. The van der Waals surface area contributed by atoms with Crippen LogP contribution in [0.3, 0.4) is 0 Å². The van der Waals surface area contributed by atoms with Crippen LogP contribution in [0.1, 0.15) is 35.7 Å². The summed E-state index contributed by atoms with van der Waals surface area (Å²) in [6.45, 7) is 6.30. The molecule has 0 bridgehead atoms. The summed E-state index contributed by atoms with van der Waals surface area (Å²) >= 11 is 0. The average molecular weight is 289 g/mol. The predicted molar refractivity (Wildman–Crippen MR) is 83.5 cm³/mol. The van der Waals surface area contributed by atoms with Crippen molar-refractivity contribution in [2.75, 3.05) is 31.5 Å². The summed E-state index contributed by atoms with van der Waals surface area (Å²) < 4.78 is 0. The molecule has 5 nitrogen and oxygen atoms in total. The van der Waals surface area contributed by atoms with E-state index in [-0.39, 0.29) is 18.4 Å². The summed E-state index contributed by atoms with van der Waals surface area (Å²) in [6.07, 6.45) is 1.79. The summed E-state index contributed by atoms with van der Waals surface area (Å²) in [5.41, 5.74) is 2.61. The number of nitrogens with zero attached hydrogens (tertiary/aromatic N) is 1. The van der Waals surface area contributed by atoms with Crippen LogP contribution in [0.25, 0.3) is 0 Å². The number of amides is 2. The van der Waals surface area contributed by atoms with Crippen molar-refractivity contribution >= 4 is 17.5 Å². The number of hydrogen-bond donors (Lipinski definition) is 2. The number of hydrogen-bond acceptors (Lipinski definition) is 3. The van der Waals surface area contributed by atoms with Gasteiger partial charge in [-0.15, -0.1) is 0 Å². The first-order chi connectivity index (χ1) is 10.1. The molecule has 0 spiro atoms. The zero-order valence-corrected chi connectivity index (χ0v) is 12.7. The first-order valence-corrected chi connectivity index (χ1v) is 7.52.